The fourth-order valence-electron chi connectivity index (χ4n) is 3.14. The lowest BCUT2D eigenvalue weighted by molar-refractivity contribution is -0.508. The number of benzene rings is 2. The van der Waals surface area contributed by atoms with Crippen LogP contribution in [0, 0.1) is 0 Å². The molecule has 0 aliphatic heterocycles. The van der Waals surface area contributed by atoms with E-state index in [1.807, 2.05) is 30.5 Å². The van der Waals surface area contributed by atoms with Gasteiger partial charge in [-0.15, -0.1) is 0 Å². The van der Waals surface area contributed by atoms with Gasteiger partial charge >= 0.3 is 0 Å². The van der Waals surface area contributed by atoms with Crippen LogP contribution < -0.4 is 19.6 Å². The third kappa shape index (κ3) is 1.95. The van der Waals surface area contributed by atoms with Crippen LogP contribution in [-0.2, 0) is 0 Å². The van der Waals surface area contributed by atoms with Crippen molar-refractivity contribution in [2.45, 2.75) is 0 Å². The maximum absolute atomic E-state index is 6.52. The molecule has 0 spiro atoms. The summed E-state index contributed by atoms with van der Waals surface area (Å²) in [5.74, 6) is 1.37. The van der Waals surface area contributed by atoms with Gasteiger partial charge in [0.05, 0.1) is 25.0 Å². The molecule has 0 saturated heterocycles. The predicted octanol–water partition coefficient (Wildman–Crippen LogP) is 3.33. The van der Waals surface area contributed by atoms with E-state index >= 15 is 0 Å². The van der Waals surface area contributed by atoms with Gasteiger partial charge in [0.25, 0.3) is 0 Å². The fourth-order valence-corrected chi connectivity index (χ4v) is 3.14. The second-order valence-electron chi connectivity index (χ2n) is 5.50. The van der Waals surface area contributed by atoms with Gasteiger partial charge in [0.15, 0.2) is 23.9 Å². The standard InChI is InChI=1S/C19H17N2O2/c1-22-16-9-13-11-21-8-7-12-5-3-4-6-14(12)19(21)18(20)15(13)10-17(16)23-2/h3-11H,20H2,1-2H3/q+1. The Hall–Kier alpha value is -3.01. The van der Waals surface area contributed by atoms with Crippen LogP contribution in [0.2, 0.25) is 0 Å². The molecule has 2 N–H and O–H groups in total. The molecule has 4 nitrogen and oxygen atoms in total. The second-order valence-corrected chi connectivity index (χ2v) is 5.50. The Morgan fingerprint density at radius 2 is 1.61 bits per heavy atom. The zero-order valence-corrected chi connectivity index (χ0v) is 13.0. The maximum atomic E-state index is 6.52. The van der Waals surface area contributed by atoms with E-state index in [0.717, 1.165) is 27.4 Å². The van der Waals surface area contributed by atoms with Crippen LogP contribution in [0.1, 0.15) is 0 Å². The number of nitrogens with zero attached hydrogens (tertiary/aromatic N) is 1. The van der Waals surface area contributed by atoms with Gasteiger partial charge in [0.2, 0.25) is 5.52 Å². The summed E-state index contributed by atoms with van der Waals surface area (Å²) in [6.45, 7) is 0. The number of methoxy groups -OCH3 is 2. The van der Waals surface area contributed by atoms with Crippen LogP contribution in [0.25, 0.3) is 27.1 Å². The van der Waals surface area contributed by atoms with Crippen molar-refractivity contribution in [3.8, 4) is 11.5 Å². The summed E-state index contributed by atoms with van der Waals surface area (Å²) in [7, 11) is 3.26. The third-order valence-electron chi connectivity index (χ3n) is 4.27. The Kier molecular flexibility index (Phi) is 2.98. The molecule has 23 heavy (non-hydrogen) atoms. The van der Waals surface area contributed by atoms with Crippen LogP contribution in [0.5, 0.6) is 11.5 Å². The molecule has 0 fully saturated rings. The minimum Gasteiger partial charge on any atom is -0.493 e. The van der Waals surface area contributed by atoms with Crippen molar-refractivity contribution < 1.29 is 13.9 Å². The van der Waals surface area contributed by atoms with E-state index < -0.39 is 0 Å². The summed E-state index contributed by atoms with van der Waals surface area (Å²) in [5, 5.41) is 4.26. The molecule has 0 aliphatic carbocycles. The molecule has 2 aromatic heterocycles. The molecule has 0 saturated carbocycles. The molecule has 0 atom stereocenters. The number of aromatic nitrogens is 1. The molecule has 4 heteroatoms. The number of anilines is 1. The summed E-state index contributed by atoms with van der Waals surface area (Å²) in [6.07, 6.45) is 4.10. The number of ether oxygens (including phenoxy) is 2. The molecular formula is C19H17N2O2+. The first-order valence-electron chi connectivity index (χ1n) is 7.40. The van der Waals surface area contributed by atoms with Crippen molar-refractivity contribution in [2.75, 3.05) is 20.0 Å². The zero-order chi connectivity index (χ0) is 16.0. The zero-order valence-electron chi connectivity index (χ0n) is 13.0. The number of pyridine rings is 2. The van der Waals surface area contributed by atoms with Gasteiger partial charge < -0.3 is 15.2 Å². The quantitative estimate of drug-likeness (QED) is 0.351. The average Bonchev–Trinajstić information content (AvgIpc) is 2.60. The number of hydrogen-bond acceptors (Lipinski definition) is 3. The van der Waals surface area contributed by atoms with E-state index in [4.69, 9.17) is 15.2 Å². The summed E-state index contributed by atoms with van der Waals surface area (Å²) in [6, 6.07) is 14.2. The van der Waals surface area contributed by atoms with Gasteiger partial charge in [0.1, 0.15) is 5.69 Å². The van der Waals surface area contributed by atoms with Crippen LogP contribution in [-0.4, -0.2) is 14.2 Å². The number of fused-ring (bicyclic) bond motifs is 4. The Morgan fingerprint density at radius 1 is 0.870 bits per heavy atom. The molecule has 0 unspecified atom stereocenters. The lowest BCUT2D eigenvalue weighted by Gasteiger charge is -2.10. The molecule has 114 valence electrons. The highest BCUT2D eigenvalue weighted by Crippen LogP contribution is 2.36. The predicted molar refractivity (Wildman–Crippen MR) is 92.1 cm³/mol. The van der Waals surface area contributed by atoms with Crippen LogP contribution in [0.3, 0.4) is 0 Å². The Labute approximate surface area is 133 Å². The second kappa shape index (κ2) is 5.02. The number of hydrogen-bond donors (Lipinski definition) is 1. The van der Waals surface area contributed by atoms with Crippen LogP contribution in [0.4, 0.5) is 5.69 Å². The van der Waals surface area contributed by atoms with Gasteiger partial charge in [-0.3, -0.25) is 0 Å². The van der Waals surface area contributed by atoms with Crippen molar-refractivity contribution >= 4 is 32.7 Å². The topological polar surface area (TPSA) is 48.6 Å². The minimum atomic E-state index is 0.677. The molecule has 2 heterocycles. The summed E-state index contributed by atoms with van der Waals surface area (Å²) in [5.41, 5.74) is 8.26. The van der Waals surface area contributed by atoms with E-state index in [0.29, 0.717) is 11.5 Å². The first-order chi connectivity index (χ1) is 11.2. The smallest absolute Gasteiger partial charge is 0.242 e. The molecule has 0 radical (unpaired) electrons. The monoisotopic (exact) mass is 305 g/mol. The first kappa shape index (κ1) is 13.6. The van der Waals surface area contributed by atoms with E-state index in [9.17, 15) is 0 Å². The fraction of sp³-hybridized carbons (Fsp3) is 0.105. The normalized spacial score (nSPS) is 11.2. The summed E-state index contributed by atoms with van der Waals surface area (Å²) < 4.78 is 12.9. The molecule has 0 aliphatic rings. The number of nitrogen functional groups attached to an aromatic ring is 1. The van der Waals surface area contributed by atoms with Gasteiger partial charge in [-0.25, -0.2) is 0 Å². The van der Waals surface area contributed by atoms with E-state index in [1.54, 1.807) is 14.2 Å². The summed E-state index contributed by atoms with van der Waals surface area (Å²) >= 11 is 0. The number of rotatable bonds is 2. The Bertz CT molecular complexity index is 1060. The highest BCUT2D eigenvalue weighted by Gasteiger charge is 2.17. The van der Waals surface area contributed by atoms with Crippen molar-refractivity contribution in [3.63, 3.8) is 0 Å². The van der Waals surface area contributed by atoms with Crippen molar-refractivity contribution in [1.29, 1.82) is 0 Å². The van der Waals surface area contributed by atoms with E-state index in [1.165, 1.54) is 5.39 Å². The van der Waals surface area contributed by atoms with Gasteiger partial charge in [-0.05, 0) is 23.6 Å². The SMILES string of the molecule is COc1cc2c[n+]3ccc4ccccc4c3c(N)c2cc1OC. The molecule has 2 aromatic carbocycles. The summed E-state index contributed by atoms with van der Waals surface area (Å²) in [4.78, 5) is 0. The lowest BCUT2D eigenvalue weighted by Crippen LogP contribution is -2.22. The first-order valence-corrected chi connectivity index (χ1v) is 7.40. The van der Waals surface area contributed by atoms with Gasteiger partial charge in [-0.1, -0.05) is 18.2 Å². The minimum absolute atomic E-state index is 0.677. The molecule has 4 rings (SSSR count). The largest absolute Gasteiger partial charge is 0.493 e. The molecular weight excluding hydrogens is 288 g/mol. The maximum Gasteiger partial charge on any atom is 0.242 e. The van der Waals surface area contributed by atoms with Crippen molar-refractivity contribution in [2.24, 2.45) is 0 Å². The Balaban J connectivity index is 2.20. The van der Waals surface area contributed by atoms with Crippen molar-refractivity contribution in [1.82, 2.24) is 0 Å². The molecule has 0 amide bonds. The Morgan fingerprint density at radius 3 is 2.39 bits per heavy atom. The third-order valence-corrected chi connectivity index (χ3v) is 4.27. The van der Waals surface area contributed by atoms with Crippen LogP contribution >= 0.6 is 0 Å². The molecule has 0 bridgehead atoms. The highest BCUT2D eigenvalue weighted by molar-refractivity contribution is 6.07. The number of nitrogens with two attached hydrogens (primary N) is 1. The van der Waals surface area contributed by atoms with Crippen molar-refractivity contribution in [3.05, 3.63) is 54.9 Å². The highest BCUT2D eigenvalue weighted by atomic mass is 16.5. The van der Waals surface area contributed by atoms with E-state index in [-0.39, 0.29) is 0 Å². The van der Waals surface area contributed by atoms with E-state index in [2.05, 4.69) is 28.8 Å². The molecule has 4 aromatic rings. The lowest BCUT2D eigenvalue weighted by atomic mass is 10.0. The van der Waals surface area contributed by atoms with Gasteiger partial charge in [-0.2, -0.15) is 4.40 Å². The average molecular weight is 305 g/mol. The van der Waals surface area contributed by atoms with Crippen LogP contribution in [0.15, 0.2) is 54.9 Å². The van der Waals surface area contributed by atoms with Gasteiger partial charge in [0, 0.05) is 11.5 Å².